The number of nitrogens with two attached hydrogens (primary N) is 1. The predicted molar refractivity (Wildman–Crippen MR) is 81.1 cm³/mol. The minimum Gasteiger partial charge on any atom is -0.370 e. The third kappa shape index (κ3) is 4.03. The number of anilines is 2. The van der Waals surface area contributed by atoms with Gasteiger partial charge in [-0.2, -0.15) is 0 Å². The van der Waals surface area contributed by atoms with Gasteiger partial charge in [-0.15, -0.1) is 0 Å². The molecule has 6 nitrogen and oxygen atoms in total. The number of hydrogen-bond donors (Lipinski definition) is 2. The molecule has 21 heavy (non-hydrogen) atoms. The number of morpholine rings is 1. The number of nitrogens with one attached hydrogen (secondary N) is 1. The molecule has 1 heterocycles. The SMILES string of the molecule is CCCC(N)C(=O)Nc1ccc(N2CCOCC2=O)cc1. The normalized spacial score (nSPS) is 16.7. The Balaban J connectivity index is 1.98. The van der Waals surface area contributed by atoms with Gasteiger partial charge in [-0.25, -0.2) is 0 Å². The van der Waals surface area contributed by atoms with Gasteiger partial charge in [-0.1, -0.05) is 13.3 Å². The molecule has 1 atom stereocenters. The van der Waals surface area contributed by atoms with E-state index in [1.807, 2.05) is 19.1 Å². The molecule has 3 N–H and O–H groups in total. The fourth-order valence-electron chi connectivity index (χ4n) is 2.19. The second-order valence-corrected chi connectivity index (χ2v) is 5.03. The van der Waals surface area contributed by atoms with E-state index in [1.165, 1.54) is 0 Å². The summed E-state index contributed by atoms with van der Waals surface area (Å²) in [5.74, 6) is -0.241. The second kappa shape index (κ2) is 7.19. The van der Waals surface area contributed by atoms with Crippen molar-refractivity contribution in [3.8, 4) is 0 Å². The highest BCUT2D eigenvalue weighted by Crippen LogP contribution is 2.19. The van der Waals surface area contributed by atoms with Crippen molar-refractivity contribution < 1.29 is 14.3 Å². The van der Waals surface area contributed by atoms with E-state index in [1.54, 1.807) is 17.0 Å². The van der Waals surface area contributed by atoms with Gasteiger partial charge in [0.1, 0.15) is 6.61 Å². The number of carbonyl (C=O) groups is 2. The van der Waals surface area contributed by atoms with Gasteiger partial charge in [0.15, 0.2) is 0 Å². The van der Waals surface area contributed by atoms with Crippen molar-refractivity contribution in [2.24, 2.45) is 5.73 Å². The van der Waals surface area contributed by atoms with Gasteiger partial charge in [-0.05, 0) is 30.7 Å². The maximum absolute atomic E-state index is 11.8. The zero-order chi connectivity index (χ0) is 15.2. The van der Waals surface area contributed by atoms with Crippen LogP contribution in [-0.4, -0.2) is 37.6 Å². The number of carbonyl (C=O) groups excluding carboxylic acids is 2. The van der Waals surface area contributed by atoms with Gasteiger partial charge in [0.25, 0.3) is 5.91 Å². The Bertz CT molecular complexity index is 501. The molecule has 1 saturated heterocycles. The zero-order valence-electron chi connectivity index (χ0n) is 12.2. The van der Waals surface area contributed by atoms with Crippen LogP contribution in [0.1, 0.15) is 19.8 Å². The van der Waals surface area contributed by atoms with Gasteiger partial charge in [0, 0.05) is 17.9 Å². The third-order valence-corrected chi connectivity index (χ3v) is 3.37. The average Bonchev–Trinajstić information content (AvgIpc) is 2.49. The fraction of sp³-hybridized carbons (Fsp3) is 0.467. The Labute approximate surface area is 124 Å². The quantitative estimate of drug-likeness (QED) is 0.851. The molecule has 1 aliphatic heterocycles. The highest BCUT2D eigenvalue weighted by molar-refractivity contribution is 5.96. The summed E-state index contributed by atoms with van der Waals surface area (Å²) < 4.78 is 5.10. The summed E-state index contributed by atoms with van der Waals surface area (Å²) in [5.41, 5.74) is 7.24. The largest absolute Gasteiger partial charge is 0.370 e. The first-order valence-electron chi connectivity index (χ1n) is 7.16. The number of rotatable bonds is 5. The van der Waals surface area contributed by atoms with Crippen LogP contribution in [0.4, 0.5) is 11.4 Å². The van der Waals surface area contributed by atoms with E-state index in [0.717, 1.165) is 12.1 Å². The van der Waals surface area contributed by atoms with Crippen molar-refractivity contribution >= 4 is 23.2 Å². The van der Waals surface area contributed by atoms with Crippen molar-refractivity contribution in [1.29, 1.82) is 0 Å². The molecule has 1 aromatic rings. The summed E-state index contributed by atoms with van der Waals surface area (Å²) in [7, 11) is 0. The Hall–Kier alpha value is -1.92. The van der Waals surface area contributed by atoms with Gasteiger partial charge in [0.2, 0.25) is 5.91 Å². The molecule has 0 aromatic heterocycles. The van der Waals surface area contributed by atoms with E-state index in [4.69, 9.17) is 10.5 Å². The van der Waals surface area contributed by atoms with Crippen molar-refractivity contribution in [1.82, 2.24) is 0 Å². The monoisotopic (exact) mass is 291 g/mol. The molecule has 1 unspecified atom stereocenters. The number of benzene rings is 1. The summed E-state index contributed by atoms with van der Waals surface area (Å²) in [6, 6.07) is 6.67. The maximum Gasteiger partial charge on any atom is 0.253 e. The summed E-state index contributed by atoms with van der Waals surface area (Å²) in [6.45, 7) is 3.19. The van der Waals surface area contributed by atoms with E-state index in [2.05, 4.69) is 5.32 Å². The number of ether oxygens (including phenoxy) is 1. The van der Waals surface area contributed by atoms with Gasteiger partial charge >= 0.3 is 0 Å². The van der Waals surface area contributed by atoms with E-state index in [0.29, 0.717) is 25.3 Å². The van der Waals surface area contributed by atoms with Crippen LogP contribution in [0.3, 0.4) is 0 Å². The lowest BCUT2D eigenvalue weighted by Crippen LogP contribution is -2.41. The van der Waals surface area contributed by atoms with Crippen LogP contribution in [0.5, 0.6) is 0 Å². The lowest BCUT2D eigenvalue weighted by Gasteiger charge is -2.27. The van der Waals surface area contributed by atoms with Gasteiger partial charge in [-0.3, -0.25) is 9.59 Å². The van der Waals surface area contributed by atoms with Crippen molar-refractivity contribution in [2.75, 3.05) is 30.0 Å². The highest BCUT2D eigenvalue weighted by Gasteiger charge is 2.20. The summed E-state index contributed by atoms with van der Waals surface area (Å²) in [6.07, 6.45) is 1.53. The zero-order valence-corrected chi connectivity index (χ0v) is 12.2. The maximum atomic E-state index is 11.8. The lowest BCUT2D eigenvalue weighted by molar-refractivity contribution is -0.125. The first-order chi connectivity index (χ1) is 10.1. The average molecular weight is 291 g/mol. The molecule has 2 rings (SSSR count). The first kappa shape index (κ1) is 15.5. The number of amides is 2. The van der Waals surface area contributed by atoms with Crippen LogP contribution >= 0.6 is 0 Å². The molecule has 114 valence electrons. The first-order valence-corrected chi connectivity index (χ1v) is 7.16. The number of hydrogen-bond acceptors (Lipinski definition) is 4. The molecule has 0 saturated carbocycles. The van der Waals surface area contributed by atoms with Crippen molar-refractivity contribution in [3.63, 3.8) is 0 Å². The van der Waals surface area contributed by atoms with Crippen molar-refractivity contribution in [3.05, 3.63) is 24.3 Å². The number of nitrogens with zero attached hydrogens (tertiary/aromatic N) is 1. The van der Waals surface area contributed by atoms with Crippen LogP contribution in [0.15, 0.2) is 24.3 Å². The molecule has 0 spiro atoms. The molecular formula is C15H21N3O3. The fourth-order valence-corrected chi connectivity index (χ4v) is 2.19. The Morgan fingerprint density at radius 3 is 2.76 bits per heavy atom. The summed E-state index contributed by atoms with van der Waals surface area (Å²) in [5, 5.41) is 2.78. The third-order valence-electron chi connectivity index (χ3n) is 3.37. The van der Waals surface area contributed by atoms with Crippen LogP contribution in [-0.2, 0) is 14.3 Å². The Morgan fingerprint density at radius 2 is 2.14 bits per heavy atom. The topological polar surface area (TPSA) is 84.7 Å². The molecule has 1 aliphatic rings. The molecule has 1 fully saturated rings. The smallest absolute Gasteiger partial charge is 0.253 e. The second-order valence-electron chi connectivity index (χ2n) is 5.03. The standard InChI is InChI=1S/C15H21N3O3/c1-2-3-13(16)15(20)17-11-4-6-12(7-5-11)18-8-9-21-10-14(18)19/h4-7,13H,2-3,8-10,16H2,1H3,(H,17,20). The van der Waals surface area contributed by atoms with Crippen molar-refractivity contribution in [2.45, 2.75) is 25.8 Å². The highest BCUT2D eigenvalue weighted by atomic mass is 16.5. The van der Waals surface area contributed by atoms with Crippen LogP contribution in [0.25, 0.3) is 0 Å². The van der Waals surface area contributed by atoms with E-state index < -0.39 is 6.04 Å². The van der Waals surface area contributed by atoms with Gasteiger partial charge < -0.3 is 20.7 Å². The summed E-state index contributed by atoms with van der Waals surface area (Å²) in [4.78, 5) is 25.2. The van der Waals surface area contributed by atoms with E-state index in [-0.39, 0.29) is 18.4 Å². The molecule has 1 aromatic carbocycles. The summed E-state index contributed by atoms with van der Waals surface area (Å²) >= 11 is 0. The van der Waals surface area contributed by atoms with E-state index in [9.17, 15) is 9.59 Å². The molecule has 0 radical (unpaired) electrons. The minimum absolute atomic E-state index is 0.0528. The minimum atomic E-state index is -0.490. The Morgan fingerprint density at radius 1 is 1.43 bits per heavy atom. The Kier molecular flexibility index (Phi) is 5.30. The van der Waals surface area contributed by atoms with E-state index >= 15 is 0 Å². The van der Waals surface area contributed by atoms with Crippen LogP contribution in [0, 0.1) is 0 Å². The molecule has 0 aliphatic carbocycles. The molecular weight excluding hydrogens is 270 g/mol. The molecule has 2 amide bonds. The lowest BCUT2D eigenvalue weighted by atomic mass is 10.1. The predicted octanol–water partition coefficient (Wildman–Crippen LogP) is 1.12. The van der Waals surface area contributed by atoms with Gasteiger partial charge in [0.05, 0.1) is 12.6 Å². The van der Waals surface area contributed by atoms with Crippen LogP contribution < -0.4 is 16.0 Å². The van der Waals surface area contributed by atoms with Crippen LogP contribution in [0.2, 0.25) is 0 Å². The molecule has 6 heteroatoms. The molecule has 0 bridgehead atoms.